The summed E-state index contributed by atoms with van der Waals surface area (Å²) in [5.74, 6) is -0.756. The van der Waals surface area contributed by atoms with E-state index in [1.54, 1.807) is 0 Å². The second-order valence-corrected chi connectivity index (χ2v) is 6.23. The smallest absolute Gasteiger partial charge is 0.339 e. The van der Waals surface area contributed by atoms with E-state index in [0.29, 0.717) is 0 Å². The Morgan fingerprint density at radius 3 is 2.46 bits per heavy atom. The zero-order chi connectivity index (χ0) is 17.9. The molecule has 24 heavy (non-hydrogen) atoms. The van der Waals surface area contributed by atoms with Gasteiger partial charge in [-0.15, -0.1) is 0 Å². The lowest BCUT2D eigenvalue weighted by Crippen LogP contribution is -2.12. The van der Waals surface area contributed by atoms with E-state index in [9.17, 15) is 23.3 Å². The van der Waals surface area contributed by atoms with Crippen LogP contribution in [0, 0.1) is 17.0 Å². The number of hydrogen-bond donors (Lipinski definition) is 0. The van der Waals surface area contributed by atoms with Crippen molar-refractivity contribution in [2.45, 2.75) is 11.8 Å². The summed E-state index contributed by atoms with van der Waals surface area (Å²) in [6.45, 7) is 1.32. The first-order valence-electron chi connectivity index (χ1n) is 6.63. The average molecular weight is 351 g/mol. The first-order chi connectivity index (χ1) is 11.3. The topological polar surface area (TPSA) is 113 Å². The van der Waals surface area contributed by atoms with E-state index in [0.717, 1.165) is 0 Å². The van der Waals surface area contributed by atoms with Gasteiger partial charge in [0.25, 0.3) is 5.69 Å². The minimum atomic E-state index is -4.31. The van der Waals surface area contributed by atoms with E-state index in [2.05, 4.69) is 4.74 Å². The van der Waals surface area contributed by atoms with Gasteiger partial charge in [0.1, 0.15) is 10.6 Å². The number of rotatable bonds is 5. The van der Waals surface area contributed by atoms with Crippen LogP contribution in [0.3, 0.4) is 0 Å². The molecule has 2 aromatic carbocycles. The van der Waals surface area contributed by atoms with E-state index in [4.69, 9.17) is 4.18 Å². The first kappa shape index (κ1) is 17.4. The molecule has 0 unspecified atom stereocenters. The summed E-state index contributed by atoms with van der Waals surface area (Å²) < 4.78 is 34.3. The molecule has 0 aliphatic carbocycles. The first-order valence-corrected chi connectivity index (χ1v) is 8.04. The molecule has 0 heterocycles. The molecule has 9 heteroatoms. The molecule has 8 nitrogen and oxygen atoms in total. The lowest BCUT2D eigenvalue weighted by Gasteiger charge is -2.10. The fourth-order valence-corrected chi connectivity index (χ4v) is 3.21. The third-order valence-electron chi connectivity index (χ3n) is 3.18. The quantitative estimate of drug-likeness (QED) is 0.352. The summed E-state index contributed by atoms with van der Waals surface area (Å²) in [5.41, 5.74) is -0.254. The number of nitro benzene ring substituents is 1. The van der Waals surface area contributed by atoms with E-state index in [1.807, 2.05) is 0 Å². The highest BCUT2D eigenvalue weighted by atomic mass is 32.2. The molecule has 0 aliphatic rings. The number of carbonyl (C=O) groups excluding carboxylic acids is 1. The fraction of sp³-hybridized carbons (Fsp3) is 0.133. The van der Waals surface area contributed by atoms with Crippen LogP contribution in [0.15, 0.2) is 47.4 Å². The van der Waals surface area contributed by atoms with Crippen molar-refractivity contribution in [1.82, 2.24) is 0 Å². The number of ether oxygens (including phenoxy) is 1. The third-order valence-corrected chi connectivity index (χ3v) is 4.58. The number of carbonyl (C=O) groups is 1. The molecule has 0 atom stereocenters. The number of hydrogen-bond acceptors (Lipinski definition) is 7. The van der Waals surface area contributed by atoms with Crippen molar-refractivity contribution < 1.29 is 27.1 Å². The van der Waals surface area contributed by atoms with Crippen LogP contribution in [-0.4, -0.2) is 26.4 Å². The van der Waals surface area contributed by atoms with Crippen LogP contribution in [0.1, 0.15) is 15.9 Å². The van der Waals surface area contributed by atoms with Gasteiger partial charge < -0.3 is 8.92 Å². The molecular weight excluding hydrogens is 338 g/mol. The van der Waals surface area contributed by atoms with Crippen LogP contribution in [-0.2, 0) is 14.9 Å². The highest BCUT2D eigenvalue weighted by Crippen LogP contribution is 2.27. The standard InChI is InChI=1S/C15H13NO7S/c1-10-13(16(18)19)7-4-8-14(10)24(20,21)23-12-6-3-5-11(9-12)15(17)22-2/h3-9H,1-2H3. The summed E-state index contributed by atoms with van der Waals surface area (Å²) >= 11 is 0. The second-order valence-electron chi connectivity index (χ2n) is 4.71. The fourth-order valence-electron chi connectivity index (χ4n) is 2.04. The number of methoxy groups -OCH3 is 1. The van der Waals surface area contributed by atoms with Gasteiger partial charge in [0.2, 0.25) is 0 Å². The molecule has 0 bridgehead atoms. The Kier molecular flexibility index (Phi) is 4.84. The molecule has 0 radical (unpaired) electrons. The zero-order valence-electron chi connectivity index (χ0n) is 12.8. The molecule has 0 fully saturated rings. The summed E-state index contributed by atoms with van der Waals surface area (Å²) in [5, 5.41) is 10.9. The molecule has 0 saturated carbocycles. The van der Waals surface area contributed by atoms with Crippen molar-refractivity contribution in [3.8, 4) is 5.75 Å². The molecule has 0 N–H and O–H groups in total. The van der Waals surface area contributed by atoms with E-state index < -0.39 is 21.0 Å². The predicted octanol–water partition coefficient (Wildman–Crippen LogP) is 2.46. The minimum Gasteiger partial charge on any atom is -0.465 e. The maximum atomic E-state index is 12.4. The van der Waals surface area contributed by atoms with E-state index in [-0.39, 0.29) is 27.5 Å². The normalized spacial score (nSPS) is 10.9. The van der Waals surface area contributed by atoms with Gasteiger partial charge in [-0.25, -0.2) is 4.79 Å². The maximum absolute atomic E-state index is 12.4. The number of nitro groups is 1. The lowest BCUT2D eigenvalue weighted by atomic mass is 10.2. The molecule has 0 amide bonds. The monoisotopic (exact) mass is 351 g/mol. The van der Waals surface area contributed by atoms with Crippen LogP contribution < -0.4 is 4.18 Å². The van der Waals surface area contributed by atoms with Gasteiger partial charge in [-0.3, -0.25) is 10.1 Å². The Morgan fingerprint density at radius 1 is 1.17 bits per heavy atom. The van der Waals surface area contributed by atoms with Crippen molar-refractivity contribution in [2.24, 2.45) is 0 Å². The maximum Gasteiger partial charge on any atom is 0.339 e. The summed E-state index contributed by atoms with van der Waals surface area (Å²) in [6, 6.07) is 9.08. The molecule has 2 aromatic rings. The highest BCUT2D eigenvalue weighted by molar-refractivity contribution is 7.87. The Bertz CT molecular complexity index is 906. The highest BCUT2D eigenvalue weighted by Gasteiger charge is 2.25. The van der Waals surface area contributed by atoms with Crippen LogP contribution in [0.4, 0.5) is 5.69 Å². The number of benzene rings is 2. The van der Waals surface area contributed by atoms with Gasteiger partial charge in [0.05, 0.1) is 17.6 Å². The van der Waals surface area contributed by atoms with Crippen molar-refractivity contribution in [3.05, 3.63) is 63.7 Å². The van der Waals surface area contributed by atoms with Gasteiger partial charge in [0, 0.05) is 11.6 Å². The molecule has 0 saturated heterocycles. The molecule has 126 valence electrons. The van der Waals surface area contributed by atoms with Crippen molar-refractivity contribution in [1.29, 1.82) is 0 Å². The zero-order valence-corrected chi connectivity index (χ0v) is 13.6. The lowest BCUT2D eigenvalue weighted by molar-refractivity contribution is -0.385. The molecule has 0 aromatic heterocycles. The molecule has 0 spiro atoms. The van der Waals surface area contributed by atoms with Crippen LogP contribution in [0.25, 0.3) is 0 Å². The van der Waals surface area contributed by atoms with Gasteiger partial charge >= 0.3 is 16.1 Å². The van der Waals surface area contributed by atoms with E-state index in [1.165, 1.54) is 56.5 Å². The van der Waals surface area contributed by atoms with Crippen LogP contribution in [0.2, 0.25) is 0 Å². The third kappa shape index (κ3) is 3.51. The van der Waals surface area contributed by atoms with Crippen LogP contribution >= 0.6 is 0 Å². The van der Waals surface area contributed by atoms with Crippen molar-refractivity contribution in [2.75, 3.05) is 7.11 Å². The Labute approximate surface area is 137 Å². The Hall–Kier alpha value is -2.94. The molecule has 2 rings (SSSR count). The SMILES string of the molecule is COC(=O)c1cccc(OS(=O)(=O)c2cccc([N+](=O)[O-])c2C)c1. The Morgan fingerprint density at radius 2 is 1.83 bits per heavy atom. The molecule has 0 aliphatic heterocycles. The van der Waals surface area contributed by atoms with E-state index >= 15 is 0 Å². The minimum absolute atomic E-state index is 0.0355. The average Bonchev–Trinajstić information content (AvgIpc) is 2.53. The Balaban J connectivity index is 2.41. The summed E-state index contributed by atoms with van der Waals surface area (Å²) in [6.07, 6.45) is 0. The van der Waals surface area contributed by atoms with Gasteiger partial charge in [-0.2, -0.15) is 8.42 Å². The summed E-state index contributed by atoms with van der Waals surface area (Å²) in [7, 11) is -3.11. The predicted molar refractivity (Wildman–Crippen MR) is 83.4 cm³/mol. The van der Waals surface area contributed by atoms with Crippen molar-refractivity contribution in [3.63, 3.8) is 0 Å². The van der Waals surface area contributed by atoms with Crippen LogP contribution in [0.5, 0.6) is 5.75 Å². The second kappa shape index (κ2) is 6.67. The van der Waals surface area contributed by atoms with Gasteiger partial charge in [-0.05, 0) is 31.2 Å². The van der Waals surface area contributed by atoms with Crippen molar-refractivity contribution >= 4 is 21.8 Å². The number of nitrogens with zero attached hydrogens (tertiary/aromatic N) is 1. The number of esters is 1. The largest absolute Gasteiger partial charge is 0.465 e. The van der Waals surface area contributed by atoms with Gasteiger partial charge in [0.15, 0.2) is 0 Å². The molecular formula is C15H13NO7S. The summed E-state index contributed by atoms with van der Waals surface area (Å²) in [4.78, 5) is 21.4. The van der Waals surface area contributed by atoms with Gasteiger partial charge in [-0.1, -0.05) is 12.1 Å².